The van der Waals surface area contributed by atoms with Crippen molar-refractivity contribution >= 4 is 30.5 Å². The summed E-state index contributed by atoms with van der Waals surface area (Å²) in [4.78, 5) is 0. The Kier molecular flexibility index (Phi) is 6.72. The molecule has 1 unspecified atom stereocenters. The predicted molar refractivity (Wildman–Crippen MR) is 39.6 cm³/mol. The summed E-state index contributed by atoms with van der Waals surface area (Å²) >= 11 is 1.04. The van der Waals surface area contributed by atoms with Crippen LogP contribution in [0.1, 0.15) is 0 Å². The van der Waals surface area contributed by atoms with Crippen LogP contribution in [0, 0.1) is 0 Å². The summed E-state index contributed by atoms with van der Waals surface area (Å²) in [6, 6.07) is 0. The molecule has 0 radical (unpaired) electrons. The van der Waals surface area contributed by atoms with Gasteiger partial charge < -0.3 is 4.52 Å². The zero-order valence-electron chi connectivity index (χ0n) is 4.66. The van der Waals surface area contributed by atoms with E-state index in [0.29, 0.717) is 0 Å². The van der Waals surface area contributed by atoms with Crippen molar-refractivity contribution in [1.29, 1.82) is 0 Å². The van der Waals surface area contributed by atoms with Crippen LogP contribution in [-0.4, -0.2) is 13.4 Å². The third-order valence-electron chi connectivity index (χ3n) is 0.509. The summed E-state index contributed by atoms with van der Waals surface area (Å²) < 4.78 is 14.9. The molecule has 0 spiro atoms. The van der Waals surface area contributed by atoms with E-state index in [1.807, 2.05) is 0 Å². The maximum absolute atomic E-state index is 10.5. The minimum atomic E-state index is -2.74. The molecule has 0 heterocycles. The molecule has 0 aliphatic carbocycles. The molecule has 0 bridgehead atoms. The molecule has 0 aromatic rings. The van der Waals surface area contributed by atoms with E-state index in [2.05, 4.69) is 4.52 Å². The van der Waals surface area contributed by atoms with Gasteiger partial charge in [-0.2, -0.15) is 0 Å². The van der Waals surface area contributed by atoms with Gasteiger partial charge in [0.05, 0.1) is 0 Å². The first kappa shape index (κ1) is 11.6. The number of rotatable bonds is 2. The van der Waals surface area contributed by atoms with Crippen LogP contribution in [0.15, 0.2) is 0 Å². The van der Waals surface area contributed by atoms with Crippen LogP contribution in [0.5, 0.6) is 0 Å². The van der Waals surface area contributed by atoms with Gasteiger partial charge in [0.1, 0.15) is 0 Å². The van der Waals surface area contributed by atoms with E-state index in [0.717, 1.165) is 11.4 Å². The second kappa shape index (κ2) is 4.65. The molecule has 2 N–H and O–H groups in total. The van der Waals surface area contributed by atoms with Crippen molar-refractivity contribution in [3.8, 4) is 0 Å². The lowest BCUT2D eigenvalue weighted by molar-refractivity contribution is 0.410. The van der Waals surface area contributed by atoms with Crippen molar-refractivity contribution in [3.63, 3.8) is 0 Å². The van der Waals surface area contributed by atoms with Gasteiger partial charge in [-0.1, -0.05) is 11.4 Å². The van der Waals surface area contributed by atoms with Crippen molar-refractivity contribution in [2.75, 3.05) is 13.4 Å². The van der Waals surface area contributed by atoms with Gasteiger partial charge in [0.15, 0.2) is 0 Å². The molecular formula is C2H9ClNO2PS. The first-order valence-corrected chi connectivity index (χ1v) is 5.15. The molecule has 0 aromatic carbocycles. The fraction of sp³-hybridized carbons (Fsp3) is 1.00. The lowest BCUT2D eigenvalue weighted by atomic mass is 11.8. The number of hydrogen-bond acceptors (Lipinski definition) is 3. The molecule has 8 heavy (non-hydrogen) atoms. The zero-order chi connectivity index (χ0) is 5.91. The molecule has 3 nitrogen and oxygen atoms in total. The number of hydrogen-bond donors (Lipinski definition) is 1. The smallest absolute Gasteiger partial charge is 0.313 e. The maximum Gasteiger partial charge on any atom is 0.323 e. The van der Waals surface area contributed by atoms with E-state index in [1.54, 1.807) is 6.26 Å². The van der Waals surface area contributed by atoms with Crippen LogP contribution in [0.3, 0.4) is 0 Å². The van der Waals surface area contributed by atoms with Crippen molar-refractivity contribution < 1.29 is 9.09 Å². The lowest BCUT2D eigenvalue weighted by Gasteiger charge is -2.02. The Morgan fingerprint density at radius 3 is 2.12 bits per heavy atom. The van der Waals surface area contributed by atoms with Crippen LogP contribution in [0.2, 0.25) is 0 Å². The Morgan fingerprint density at radius 1 is 1.75 bits per heavy atom. The first-order valence-electron chi connectivity index (χ1n) is 1.62. The van der Waals surface area contributed by atoms with Gasteiger partial charge in [-0.3, -0.25) is 10.1 Å². The highest BCUT2D eigenvalue weighted by Gasteiger charge is 2.09. The molecule has 0 saturated carbocycles. The first-order chi connectivity index (χ1) is 3.12. The van der Waals surface area contributed by atoms with E-state index in [9.17, 15) is 4.57 Å². The van der Waals surface area contributed by atoms with Gasteiger partial charge >= 0.3 is 6.72 Å². The molecule has 0 aliphatic rings. The average Bonchev–Trinajstić information content (AvgIpc) is 1.68. The Hall–Kier alpha value is 0.790. The molecule has 52 valence electrons. The zero-order valence-corrected chi connectivity index (χ0v) is 7.18. The van der Waals surface area contributed by atoms with Crippen LogP contribution in [0.4, 0.5) is 0 Å². The lowest BCUT2D eigenvalue weighted by Crippen LogP contribution is -1.89. The minimum Gasteiger partial charge on any atom is -0.313 e. The second-order valence-electron chi connectivity index (χ2n) is 0.905. The van der Waals surface area contributed by atoms with E-state index in [-0.39, 0.29) is 12.4 Å². The van der Waals surface area contributed by atoms with Gasteiger partial charge in [-0.25, -0.2) is 0 Å². The van der Waals surface area contributed by atoms with Crippen LogP contribution in [0.25, 0.3) is 0 Å². The average molecular weight is 178 g/mol. The summed E-state index contributed by atoms with van der Waals surface area (Å²) in [6.07, 6.45) is 1.64. The van der Waals surface area contributed by atoms with Crippen LogP contribution < -0.4 is 5.50 Å². The third kappa shape index (κ3) is 4.94. The highest BCUT2D eigenvalue weighted by atomic mass is 35.5. The summed E-state index contributed by atoms with van der Waals surface area (Å²) in [5.41, 5.74) is 5.01. The number of halogens is 1. The van der Waals surface area contributed by atoms with Gasteiger partial charge in [-0.05, 0) is 6.26 Å². The van der Waals surface area contributed by atoms with Crippen molar-refractivity contribution in [2.24, 2.45) is 5.50 Å². The fourth-order valence-electron chi connectivity index (χ4n) is 0.0745. The summed E-state index contributed by atoms with van der Waals surface area (Å²) in [5, 5.41) is 0. The van der Waals surface area contributed by atoms with Crippen molar-refractivity contribution in [2.45, 2.75) is 0 Å². The molecule has 0 fully saturated rings. The third-order valence-corrected chi connectivity index (χ3v) is 3.50. The molecule has 6 heteroatoms. The van der Waals surface area contributed by atoms with Gasteiger partial charge in [-0.15, -0.1) is 12.4 Å². The highest BCUT2D eigenvalue weighted by molar-refractivity contribution is 8.55. The van der Waals surface area contributed by atoms with E-state index in [4.69, 9.17) is 5.50 Å². The predicted octanol–water partition coefficient (Wildman–Crippen LogP) is 1.48. The van der Waals surface area contributed by atoms with E-state index >= 15 is 0 Å². The van der Waals surface area contributed by atoms with Gasteiger partial charge in [0, 0.05) is 7.11 Å². The quantitative estimate of drug-likeness (QED) is 0.650. The van der Waals surface area contributed by atoms with Crippen molar-refractivity contribution in [3.05, 3.63) is 0 Å². The standard InChI is InChI=1S/C2H8NO2PS.ClH/c1-5-6(3,4)7-2;/h1-2H3,(H2,3,4);1H. The molecule has 0 rings (SSSR count). The highest BCUT2D eigenvalue weighted by Crippen LogP contribution is 2.48. The SMILES string of the molecule is COP(N)(=O)SC.Cl. The Bertz CT molecular complexity index is 92.0. The summed E-state index contributed by atoms with van der Waals surface area (Å²) in [6.45, 7) is -2.74. The van der Waals surface area contributed by atoms with E-state index < -0.39 is 6.72 Å². The second-order valence-corrected chi connectivity index (χ2v) is 5.34. The normalized spacial score (nSPS) is 16.4. The largest absolute Gasteiger partial charge is 0.323 e. The molecular weight excluding hydrogens is 169 g/mol. The minimum absolute atomic E-state index is 0. The summed E-state index contributed by atoms with van der Waals surface area (Å²) in [7, 11) is 1.33. The monoisotopic (exact) mass is 177 g/mol. The maximum atomic E-state index is 10.5. The topological polar surface area (TPSA) is 52.3 Å². The summed E-state index contributed by atoms with van der Waals surface area (Å²) in [5.74, 6) is 0. The Balaban J connectivity index is 0. The number of nitrogens with two attached hydrogens (primary N) is 1. The Labute approximate surface area is 59.0 Å². The molecule has 0 aromatic heterocycles. The molecule has 0 saturated heterocycles. The van der Waals surface area contributed by atoms with Crippen molar-refractivity contribution in [1.82, 2.24) is 0 Å². The van der Waals surface area contributed by atoms with Crippen LogP contribution in [-0.2, 0) is 9.09 Å². The molecule has 0 aliphatic heterocycles. The van der Waals surface area contributed by atoms with Gasteiger partial charge in [0.2, 0.25) is 0 Å². The Morgan fingerprint density at radius 2 is 2.12 bits per heavy atom. The molecule has 0 amide bonds. The fourth-order valence-corrected chi connectivity index (χ4v) is 0.671. The van der Waals surface area contributed by atoms with Gasteiger partial charge in [0.25, 0.3) is 0 Å². The van der Waals surface area contributed by atoms with Crippen LogP contribution >= 0.6 is 30.5 Å². The molecule has 1 atom stereocenters. The van der Waals surface area contributed by atoms with E-state index in [1.165, 1.54) is 7.11 Å².